The Morgan fingerprint density at radius 2 is 2.27 bits per heavy atom. The van der Waals surface area contributed by atoms with Crippen molar-refractivity contribution in [3.63, 3.8) is 0 Å². The van der Waals surface area contributed by atoms with Gasteiger partial charge in [0, 0.05) is 12.3 Å². The molecule has 0 unspecified atom stereocenters. The van der Waals surface area contributed by atoms with Gasteiger partial charge >= 0.3 is 0 Å². The average molecular weight is 236 g/mol. The third-order valence-corrected chi connectivity index (χ3v) is 4.31. The molecular weight excluding hydrogens is 228 g/mol. The van der Waals surface area contributed by atoms with E-state index in [1.807, 2.05) is 12.1 Å². The Morgan fingerprint density at radius 1 is 1.33 bits per heavy atom. The Bertz CT molecular complexity index is 547. The monoisotopic (exact) mass is 236 g/mol. The molecule has 1 aromatic carbocycles. The predicted molar refractivity (Wildman–Crippen MR) is 65.1 cm³/mol. The summed E-state index contributed by atoms with van der Waals surface area (Å²) in [4.78, 5) is 8.79. The first-order valence-electron chi connectivity index (χ1n) is 4.61. The van der Waals surface area contributed by atoms with Crippen molar-refractivity contribution in [1.29, 1.82) is 0 Å². The van der Waals surface area contributed by atoms with E-state index in [1.165, 1.54) is 0 Å². The zero-order valence-corrected chi connectivity index (χ0v) is 9.44. The van der Waals surface area contributed by atoms with Crippen molar-refractivity contribution in [2.24, 2.45) is 4.99 Å². The van der Waals surface area contributed by atoms with E-state index >= 15 is 0 Å². The normalized spacial score (nSPS) is 15.9. The lowest BCUT2D eigenvalue weighted by atomic mass is 10.3. The molecule has 0 atom stereocenters. The molecule has 3 rings (SSSR count). The van der Waals surface area contributed by atoms with Crippen LogP contribution in [0.1, 0.15) is 5.01 Å². The minimum Gasteiger partial charge on any atom is -0.506 e. The lowest BCUT2D eigenvalue weighted by molar-refractivity contribution is 0.480. The molecule has 1 aliphatic rings. The number of rotatable bonds is 1. The van der Waals surface area contributed by atoms with Crippen molar-refractivity contribution < 1.29 is 5.11 Å². The number of aliphatic imine (C=N–C) groups is 1. The Kier molecular flexibility index (Phi) is 2.14. The van der Waals surface area contributed by atoms with E-state index in [2.05, 4.69) is 9.98 Å². The van der Waals surface area contributed by atoms with E-state index in [1.54, 1.807) is 29.2 Å². The number of thiazole rings is 1. The fraction of sp³-hybridized carbons (Fsp3) is 0.200. The summed E-state index contributed by atoms with van der Waals surface area (Å²) in [6.07, 6.45) is 0. The quantitative estimate of drug-likeness (QED) is 0.827. The van der Waals surface area contributed by atoms with Crippen molar-refractivity contribution >= 4 is 38.4 Å². The molecular formula is C10H8N2OS2. The van der Waals surface area contributed by atoms with Gasteiger partial charge < -0.3 is 5.11 Å². The number of hydrogen-bond acceptors (Lipinski definition) is 5. The van der Waals surface area contributed by atoms with Gasteiger partial charge in [0.15, 0.2) is 0 Å². The van der Waals surface area contributed by atoms with Gasteiger partial charge in [-0.2, -0.15) is 0 Å². The van der Waals surface area contributed by atoms with Crippen LogP contribution in [0.5, 0.6) is 5.75 Å². The molecule has 2 heterocycles. The first-order chi connectivity index (χ1) is 7.34. The van der Waals surface area contributed by atoms with Crippen LogP contribution in [0.3, 0.4) is 0 Å². The number of para-hydroxylation sites is 1. The van der Waals surface area contributed by atoms with Crippen LogP contribution in [0.4, 0.5) is 0 Å². The van der Waals surface area contributed by atoms with Crippen LogP contribution in [-0.4, -0.2) is 27.4 Å². The molecule has 1 aromatic heterocycles. The van der Waals surface area contributed by atoms with Crippen LogP contribution < -0.4 is 0 Å². The van der Waals surface area contributed by atoms with Crippen molar-refractivity contribution in [2.75, 3.05) is 12.3 Å². The summed E-state index contributed by atoms with van der Waals surface area (Å²) in [6, 6.07) is 5.47. The fourth-order valence-corrected chi connectivity index (χ4v) is 3.41. The minimum atomic E-state index is 0.249. The lowest BCUT2D eigenvalue weighted by Crippen LogP contribution is -1.88. The van der Waals surface area contributed by atoms with Crippen LogP contribution in [0.25, 0.3) is 10.2 Å². The first kappa shape index (κ1) is 9.18. The summed E-state index contributed by atoms with van der Waals surface area (Å²) < 4.78 is 1.01. The topological polar surface area (TPSA) is 45.5 Å². The molecule has 1 N–H and O–H groups in total. The van der Waals surface area contributed by atoms with Crippen LogP contribution in [0, 0.1) is 0 Å². The predicted octanol–water partition coefficient (Wildman–Crippen LogP) is 2.50. The number of aromatic hydroxyl groups is 1. The van der Waals surface area contributed by atoms with Gasteiger partial charge in [-0.3, -0.25) is 4.99 Å². The molecule has 5 heteroatoms. The highest BCUT2D eigenvalue weighted by atomic mass is 32.2. The lowest BCUT2D eigenvalue weighted by Gasteiger charge is -1.90. The van der Waals surface area contributed by atoms with Gasteiger partial charge in [0.2, 0.25) is 0 Å². The molecule has 0 spiro atoms. The maximum Gasteiger partial charge on any atom is 0.149 e. The molecule has 0 bridgehead atoms. The zero-order chi connectivity index (χ0) is 10.3. The van der Waals surface area contributed by atoms with Gasteiger partial charge in [-0.15, -0.1) is 23.1 Å². The van der Waals surface area contributed by atoms with E-state index in [9.17, 15) is 5.11 Å². The highest BCUT2D eigenvalue weighted by Crippen LogP contribution is 2.31. The highest BCUT2D eigenvalue weighted by molar-refractivity contribution is 8.15. The summed E-state index contributed by atoms with van der Waals surface area (Å²) >= 11 is 3.32. The summed E-state index contributed by atoms with van der Waals surface area (Å²) in [5.74, 6) is 1.29. The number of hydrogen-bond donors (Lipinski definition) is 1. The molecule has 0 saturated heterocycles. The summed E-state index contributed by atoms with van der Waals surface area (Å²) in [5.41, 5.74) is 0.688. The van der Waals surface area contributed by atoms with Gasteiger partial charge in [-0.1, -0.05) is 6.07 Å². The molecule has 76 valence electrons. The molecule has 3 nitrogen and oxygen atoms in total. The molecule has 0 amide bonds. The number of phenols is 1. The van der Waals surface area contributed by atoms with Gasteiger partial charge in [-0.25, -0.2) is 4.98 Å². The molecule has 0 saturated carbocycles. The van der Waals surface area contributed by atoms with E-state index in [0.717, 1.165) is 27.0 Å². The van der Waals surface area contributed by atoms with Crippen LogP contribution >= 0.6 is 23.1 Å². The number of aromatic nitrogens is 1. The Morgan fingerprint density at radius 3 is 3.00 bits per heavy atom. The van der Waals surface area contributed by atoms with Crippen LogP contribution in [0.2, 0.25) is 0 Å². The number of thioether (sulfide) groups is 1. The van der Waals surface area contributed by atoms with Gasteiger partial charge in [0.1, 0.15) is 21.3 Å². The third kappa shape index (κ3) is 1.52. The second kappa shape index (κ2) is 3.50. The molecule has 15 heavy (non-hydrogen) atoms. The van der Waals surface area contributed by atoms with E-state index in [0.29, 0.717) is 5.52 Å². The van der Waals surface area contributed by atoms with Gasteiger partial charge in [-0.05, 0) is 12.1 Å². The molecule has 1 aliphatic heterocycles. The zero-order valence-electron chi connectivity index (χ0n) is 7.80. The summed E-state index contributed by atoms with van der Waals surface area (Å²) in [6.45, 7) is 0.877. The van der Waals surface area contributed by atoms with E-state index in [4.69, 9.17) is 0 Å². The van der Waals surface area contributed by atoms with Gasteiger partial charge in [0.25, 0.3) is 0 Å². The van der Waals surface area contributed by atoms with Crippen LogP contribution in [0.15, 0.2) is 23.2 Å². The molecule has 0 aliphatic carbocycles. The van der Waals surface area contributed by atoms with E-state index in [-0.39, 0.29) is 5.75 Å². The fourth-order valence-electron chi connectivity index (χ4n) is 1.49. The number of fused-ring (bicyclic) bond motifs is 1. The summed E-state index contributed by atoms with van der Waals surface area (Å²) in [5, 5.41) is 11.6. The average Bonchev–Trinajstić information content (AvgIpc) is 2.86. The molecule has 0 radical (unpaired) electrons. The standard InChI is InChI=1S/C10H8N2OS2/c13-6-2-1-3-7-8(6)12-10(15-7)9-11-4-5-14-9/h1-3,13H,4-5H2. The van der Waals surface area contributed by atoms with Gasteiger partial charge in [0.05, 0.1) is 4.70 Å². The van der Waals surface area contributed by atoms with Crippen LogP contribution in [-0.2, 0) is 0 Å². The van der Waals surface area contributed by atoms with Crippen molar-refractivity contribution in [2.45, 2.75) is 0 Å². The number of phenolic OH excluding ortho intramolecular Hbond substituents is 1. The number of benzene rings is 1. The minimum absolute atomic E-state index is 0.249. The van der Waals surface area contributed by atoms with Crippen molar-refractivity contribution in [3.05, 3.63) is 23.2 Å². The molecule has 0 fully saturated rings. The van der Waals surface area contributed by atoms with E-state index < -0.39 is 0 Å². The Hall–Kier alpha value is -1.07. The maximum atomic E-state index is 9.62. The first-order valence-corrected chi connectivity index (χ1v) is 6.41. The SMILES string of the molecule is Oc1cccc2sc(C3=NCCS3)nc12. The summed E-state index contributed by atoms with van der Waals surface area (Å²) in [7, 11) is 0. The maximum absolute atomic E-state index is 9.62. The van der Waals surface area contributed by atoms with Crippen molar-refractivity contribution in [3.8, 4) is 5.75 Å². The third-order valence-electron chi connectivity index (χ3n) is 2.17. The smallest absolute Gasteiger partial charge is 0.149 e. The number of nitrogens with zero attached hydrogens (tertiary/aromatic N) is 2. The van der Waals surface area contributed by atoms with Crippen molar-refractivity contribution in [1.82, 2.24) is 4.98 Å². The second-order valence-corrected chi connectivity index (χ2v) is 5.29. The Balaban J connectivity index is 2.18. The second-order valence-electron chi connectivity index (χ2n) is 3.18. The largest absolute Gasteiger partial charge is 0.506 e. The molecule has 2 aromatic rings. The Labute approximate surface area is 94.9 Å². The highest BCUT2D eigenvalue weighted by Gasteiger charge is 2.15.